The van der Waals surface area contributed by atoms with Crippen molar-refractivity contribution in [3.63, 3.8) is 0 Å². The van der Waals surface area contributed by atoms with Gasteiger partial charge in [0.15, 0.2) is 11.0 Å². The molecule has 0 aliphatic heterocycles. The second-order valence-corrected chi connectivity index (χ2v) is 6.43. The first-order chi connectivity index (χ1) is 7.30. The van der Waals surface area contributed by atoms with E-state index < -0.39 is 21.5 Å². The summed E-state index contributed by atoms with van der Waals surface area (Å²) in [6.07, 6.45) is 2.70. The SMILES string of the molecule is CC(C)(C)S(=O)N=Cc1cnc(Cl)c(F)c1. The van der Waals surface area contributed by atoms with Crippen LogP contribution in [0.2, 0.25) is 5.15 Å². The number of hydrogen-bond acceptors (Lipinski definition) is 2. The van der Waals surface area contributed by atoms with E-state index in [1.54, 1.807) is 20.8 Å². The van der Waals surface area contributed by atoms with E-state index in [0.29, 0.717) is 5.56 Å². The molecule has 0 spiro atoms. The lowest BCUT2D eigenvalue weighted by Crippen LogP contribution is -2.19. The van der Waals surface area contributed by atoms with Crippen molar-refractivity contribution in [2.45, 2.75) is 25.5 Å². The van der Waals surface area contributed by atoms with Crippen LogP contribution in [0.4, 0.5) is 4.39 Å². The van der Waals surface area contributed by atoms with Crippen LogP contribution < -0.4 is 0 Å². The van der Waals surface area contributed by atoms with Gasteiger partial charge in [-0.25, -0.2) is 13.6 Å². The van der Waals surface area contributed by atoms with Crippen LogP contribution in [0, 0.1) is 5.82 Å². The first-order valence-corrected chi connectivity index (χ1v) is 6.06. The van der Waals surface area contributed by atoms with Crippen molar-refractivity contribution in [3.05, 3.63) is 28.8 Å². The van der Waals surface area contributed by atoms with Crippen LogP contribution in [0.5, 0.6) is 0 Å². The van der Waals surface area contributed by atoms with E-state index in [2.05, 4.69) is 9.38 Å². The molecule has 0 saturated carbocycles. The smallest absolute Gasteiger partial charge is 0.164 e. The Morgan fingerprint density at radius 1 is 1.56 bits per heavy atom. The summed E-state index contributed by atoms with van der Waals surface area (Å²) in [4.78, 5) is 3.62. The molecule has 0 bridgehead atoms. The summed E-state index contributed by atoms with van der Waals surface area (Å²) < 4.78 is 28.0. The Morgan fingerprint density at radius 3 is 2.69 bits per heavy atom. The fourth-order valence-electron chi connectivity index (χ4n) is 0.773. The molecule has 3 nitrogen and oxygen atoms in total. The molecule has 1 atom stereocenters. The molecular formula is C10H12ClFN2OS. The maximum Gasteiger partial charge on any atom is 0.164 e. The van der Waals surface area contributed by atoms with Gasteiger partial charge in [-0.15, -0.1) is 0 Å². The molecule has 0 N–H and O–H groups in total. The van der Waals surface area contributed by atoms with Gasteiger partial charge in [0.1, 0.15) is 11.0 Å². The highest BCUT2D eigenvalue weighted by Crippen LogP contribution is 2.13. The van der Waals surface area contributed by atoms with Gasteiger partial charge in [-0.05, 0) is 26.8 Å². The third-order valence-corrected chi connectivity index (χ3v) is 3.26. The molecule has 0 aliphatic rings. The molecule has 0 fully saturated rings. The monoisotopic (exact) mass is 262 g/mol. The standard InChI is InChI=1S/C10H12ClFN2OS/c1-10(2,3)16(15)14-6-7-4-8(12)9(11)13-5-7/h4-6H,1-3H3. The van der Waals surface area contributed by atoms with Crippen LogP contribution in [0.15, 0.2) is 16.7 Å². The molecule has 0 radical (unpaired) electrons. The summed E-state index contributed by atoms with van der Waals surface area (Å²) in [5.41, 5.74) is 0.430. The van der Waals surface area contributed by atoms with E-state index in [1.165, 1.54) is 18.5 Å². The van der Waals surface area contributed by atoms with Crippen molar-refractivity contribution in [2.75, 3.05) is 0 Å². The third-order valence-electron chi connectivity index (χ3n) is 1.64. The number of nitrogens with zero attached hydrogens (tertiary/aromatic N) is 2. The summed E-state index contributed by atoms with van der Waals surface area (Å²) >= 11 is 5.43. The fraction of sp³-hybridized carbons (Fsp3) is 0.400. The van der Waals surface area contributed by atoms with Crippen LogP contribution in [0.25, 0.3) is 0 Å². The fourth-order valence-corrected chi connectivity index (χ4v) is 1.41. The van der Waals surface area contributed by atoms with Crippen molar-refractivity contribution < 1.29 is 8.60 Å². The predicted molar refractivity (Wildman–Crippen MR) is 64.7 cm³/mol. The minimum absolute atomic E-state index is 0.186. The molecule has 16 heavy (non-hydrogen) atoms. The molecule has 0 aromatic carbocycles. The van der Waals surface area contributed by atoms with Gasteiger partial charge >= 0.3 is 0 Å². The average Bonchev–Trinajstić information content (AvgIpc) is 2.18. The largest absolute Gasteiger partial charge is 0.241 e. The number of hydrogen-bond donors (Lipinski definition) is 0. The Kier molecular flexibility index (Phi) is 4.15. The second-order valence-electron chi connectivity index (χ2n) is 4.14. The highest BCUT2D eigenvalue weighted by molar-refractivity contribution is 7.85. The van der Waals surface area contributed by atoms with Gasteiger partial charge in [-0.2, -0.15) is 4.40 Å². The minimum Gasteiger partial charge on any atom is -0.241 e. The highest BCUT2D eigenvalue weighted by Gasteiger charge is 2.18. The van der Waals surface area contributed by atoms with E-state index in [9.17, 15) is 8.60 Å². The molecule has 1 unspecified atom stereocenters. The van der Waals surface area contributed by atoms with Crippen LogP contribution >= 0.6 is 11.6 Å². The van der Waals surface area contributed by atoms with Gasteiger partial charge < -0.3 is 0 Å². The molecule has 88 valence electrons. The Morgan fingerprint density at radius 2 is 2.19 bits per heavy atom. The highest BCUT2D eigenvalue weighted by atomic mass is 35.5. The zero-order valence-corrected chi connectivity index (χ0v) is 10.8. The maximum atomic E-state index is 13.0. The van der Waals surface area contributed by atoms with Gasteiger partial charge in [0.2, 0.25) is 0 Å². The van der Waals surface area contributed by atoms with E-state index in [0.717, 1.165) is 0 Å². The molecule has 1 heterocycles. The Balaban J connectivity index is 2.85. The number of halogens is 2. The third kappa shape index (κ3) is 3.64. The van der Waals surface area contributed by atoms with Gasteiger partial charge in [0, 0.05) is 18.0 Å². The van der Waals surface area contributed by atoms with Crippen molar-refractivity contribution in [1.29, 1.82) is 0 Å². The maximum absolute atomic E-state index is 13.0. The molecule has 0 amide bonds. The van der Waals surface area contributed by atoms with Gasteiger partial charge in [-0.1, -0.05) is 11.6 Å². The van der Waals surface area contributed by atoms with E-state index >= 15 is 0 Å². The molecule has 1 aromatic rings. The predicted octanol–water partition coefficient (Wildman–Crippen LogP) is 2.76. The molecule has 1 aromatic heterocycles. The minimum atomic E-state index is -1.36. The lowest BCUT2D eigenvalue weighted by atomic mass is 10.3. The van der Waals surface area contributed by atoms with Crippen molar-refractivity contribution in [3.8, 4) is 0 Å². The second kappa shape index (κ2) is 5.01. The summed E-state index contributed by atoms with van der Waals surface area (Å²) in [5, 5.41) is -0.186. The van der Waals surface area contributed by atoms with E-state index in [4.69, 9.17) is 11.6 Å². The van der Waals surface area contributed by atoms with Crippen LogP contribution in [0.1, 0.15) is 26.3 Å². The van der Waals surface area contributed by atoms with Crippen molar-refractivity contribution in [1.82, 2.24) is 4.98 Å². The van der Waals surface area contributed by atoms with E-state index in [1.807, 2.05) is 0 Å². The topological polar surface area (TPSA) is 42.3 Å². The van der Waals surface area contributed by atoms with Crippen LogP contribution in [-0.2, 0) is 11.0 Å². The lowest BCUT2D eigenvalue weighted by molar-refractivity contribution is 0.621. The van der Waals surface area contributed by atoms with Gasteiger partial charge in [0.05, 0.1) is 4.75 Å². The Bertz CT molecular complexity index is 443. The number of rotatable bonds is 2. The van der Waals surface area contributed by atoms with Gasteiger partial charge in [0.25, 0.3) is 0 Å². The van der Waals surface area contributed by atoms with Crippen molar-refractivity contribution in [2.24, 2.45) is 4.40 Å². The molecule has 0 aliphatic carbocycles. The van der Waals surface area contributed by atoms with E-state index in [-0.39, 0.29) is 5.15 Å². The first kappa shape index (κ1) is 13.3. The Hall–Kier alpha value is -0.810. The summed E-state index contributed by atoms with van der Waals surface area (Å²) in [6, 6.07) is 1.19. The molecule has 6 heteroatoms. The number of pyridine rings is 1. The summed E-state index contributed by atoms with van der Waals surface area (Å²) in [6.45, 7) is 5.42. The molecule has 1 rings (SSSR count). The molecular weight excluding hydrogens is 251 g/mol. The van der Waals surface area contributed by atoms with Crippen LogP contribution in [-0.4, -0.2) is 20.2 Å². The zero-order valence-electron chi connectivity index (χ0n) is 9.20. The van der Waals surface area contributed by atoms with Crippen molar-refractivity contribution >= 4 is 28.8 Å². The quantitative estimate of drug-likeness (QED) is 0.608. The lowest BCUT2D eigenvalue weighted by Gasteiger charge is -2.12. The normalized spacial score (nSPS) is 14.3. The summed E-state index contributed by atoms with van der Waals surface area (Å²) in [5.74, 6) is -0.618. The Labute approximate surface area is 101 Å². The number of aromatic nitrogens is 1. The van der Waals surface area contributed by atoms with Crippen LogP contribution in [0.3, 0.4) is 0 Å². The summed E-state index contributed by atoms with van der Waals surface area (Å²) in [7, 11) is -1.36. The first-order valence-electron chi connectivity index (χ1n) is 4.58. The zero-order chi connectivity index (χ0) is 12.3. The molecule has 0 saturated heterocycles. The van der Waals surface area contributed by atoms with Gasteiger partial charge in [-0.3, -0.25) is 0 Å². The average molecular weight is 263 g/mol.